The molecule has 0 spiro atoms. The van der Waals surface area contributed by atoms with Gasteiger partial charge in [-0.15, -0.1) is 0 Å². The zero-order valence-corrected chi connectivity index (χ0v) is 14.4. The van der Waals surface area contributed by atoms with Gasteiger partial charge in [0.25, 0.3) is 0 Å². The number of likely N-dealkylation sites (tertiary alicyclic amines) is 1. The van der Waals surface area contributed by atoms with Crippen molar-refractivity contribution in [3.63, 3.8) is 0 Å². The van der Waals surface area contributed by atoms with Crippen LogP contribution in [0, 0.1) is 6.92 Å². The number of piperazine rings is 1. The summed E-state index contributed by atoms with van der Waals surface area (Å²) in [5.41, 5.74) is 0.979. The third-order valence-corrected chi connectivity index (χ3v) is 5.11. The number of hydrogen-bond donors (Lipinski definition) is 1. The van der Waals surface area contributed by atoms with Gasteiger partial charge in [0.15, 0.2) is 0 Å². The molecule has 0 aliphatic carbocycles. The molecule has 2 heterocycles. The molecule has 0 radical (unpaired) electrons. The summed E-state index contributed by atoms with van der Waals surface area (Å²) in [7, 11) is 0. The summed E-state index contributed by atoms with van der Waals surface area (Å²) in [5, 5.41) is 3.08. The van der Waals surface area contributed by atoms with E-state index in [1.165, 1.54) is 6.07 Å². The van der Waals surface area contributed by atoms with Crippen LogP contribution in [0.5, 0.6) is 0 Å². The van der Waals surface area contributed by atoms with Gasteiger partial charge in [-0.3, -0.25) is 9.69 Å². The number of halogens is 3. The first kappa shape index (κ1) is 18.2. The Kier molecular flexibility index (Phi) is 5.34. The Labute approximate surface area is 146 Å². The molecule has 4 nitrogen and oxygen atoms in total. The molecular weight excluding hydrogens is 331 g/mol. The quantitative estimate of drug-likeness (QED) is 0.905. The lowest BCUT2D eigenvalue weighted by Crippen LogP contribution is -2.56. The molecule has 0 aromatic heterocycles. The Bertz CT molecular complexity index is 632. The number of benzene rings is 1. The molecular formula is C18H24F3N3O. The molecule has 3 rings (SSSR count). The van der Waals surface area contributed by atoms with Gasteiger partial charge in [-0.1, -0.05) is 6.07 Å². The maximum absolute atomic E-state index is 12.8. The van der Waals surface area contributed by atoms with E-state index in [9.17, 15) is 18.0 Å². The lowest BCUT2D eigenvalue weighted by molar-refractivity contribution is -0.137. The second-order valence-electron chi connectivity index (χ2n) is 6.93. The molecule has 0 saturated carbocycles. The van der Waals surface area contributed by atoms with E-state index in [-0.39, 0.29) is 11.9 Å². The van der Waals surface area contributed by atoms with E-state index >= 15 is 0 Å². The molecule has 138 valence electrons. The summed E-state index contributed by atoms with van der Waals surface area (Å²) in [6, 6.07) is 4.16. The van der Waals surface area contributed by atoms with Crippen molar-refractivity contribution in [2.24, 2.45) is 0 Å². The summed E-state index contributed by atoms with van der Waals surface area (Å²) in [4.78, 5) is 16.3. The zero-order valence-electron chi connectivity index (χ0n) is 14.4. The molecule has 1 N–H and O–H groups in total. The molecule has 1 atom stereocenters. The molecule has 1 aromatic carbocycles. The van der Waals surface area contributed by atoms with Gasteiger partial charge in [-0.05, 0) is 49.6 Å². The van der Waals surface area contributed by atoms with Gasteiger partial charge < -0.3 is 10.2 Å². The fourth-order valence-corrected chi connectivity index (χ4v) is 3.73. The first-order valence-electron chi connectivity index (χ1n) is 8.74. The van der Waals surface area contributed by atoms with Gasteiger partial charge in [-0.25, -0.2) is 0 Å². The van der Waals surface area contributed by atoms with Gasteiger partial charge >= 0.3 is 6.18 Å². The average Bonchev–Trinajstić information content (AvgIpc) is 2.56. The molecule has 2 saturated heterocycles. The Morgan fingerprint density at radius 1 is 1.28 bits per heavy atom. The highest BCUT2D eigenvalue weighted by Crippen LogP contribution is 2.31. The lowest BCUT2D eigenvalue weighted by Gasteiger charge is -2.41. The number of carbonyl (C=O) groups is 1. The predicted molar refractivity (Wildman–Crippen MR) is 89.1 cm³/mol. The van der Waals surface area contributed by atoms with Crippen LogP contribution in [0.4, 0.5) is 13.2 Å². The van der Waals surface area contributed by atoms with Crippen LogP contribution in [0.15, 0.2) is 18.2 Å². The maximum atomic E-state index is 12.8. The third kappa shape index (κ3) is 4.33. The second-order valence-corrected chi connectivity index (χ2v) is 6.93. The summed E-state index contributed by atoms with van der Waals surface area (Å²) in [5.74, 6) is 0.142. The monoisotopic (exact) mass is 355 g/mol. The van der Waals surface area contributed by atoms with Crippen molar-refractivity contribution in [2.75, 3.05) is 32.7 Å². The Balaban J connectivity index is 1.65. The topological polar surface area (TPSA) is 35.6 Å². The van der Waals surface area contributed by atoms with Crippen LogP contribution in [-0.4, -0.2) is 54.5 Å². The predicted octanol–water partition coefficient (Wildman–Crippen LogP) is 2.41. The second kappa shape index (κ2) is 7.33. The summed E-state index contributed by atoms with van der Waals surface area (Å²) in [6.45, 7) is 6.00. The summed E-state index contributed by atoms with van der Waals surface area (Å²) < 4.78 is 38.4. The molecule has 1 amide bonds. The van der Waals surface area contributed by atoms with Crippen molar-refractivity contribution in [1.29, 1.82) is 0 Å². The number of nitrogens with zero attached hydrogens (tertiary/aromatic N) is 2. The van der Waals surface area contributed by atoms with Gasteiger partial charge in [0.05, 0.1) is 12.1 Å². The fourth-order valence-electron chi connectivity index (χ4n) is 3.73. The average molecular weight is 355 g/mol. The van der Waals surface area contributed by atoms with E-state index < -0.39 is 11.7 Å². The Morgan fingerprint density at radius 2 is 2.08 bits per heavy atom. The van der Waals surface area contributed by atoms with Crippen molar-refractivity contribution in [2.45, 2.75) is 38.5 Å². The Morgan fingerprint density at radius 3 is 2.76 bits per heavy atom. The number of nitrogens with one attached hydrogen (secondary N) is 1. The summed E-state index contributed by atoms with van der Waals surface area (Å²) >= 11 is 0. The first-order valence-corrected chi connectivity index (χ1v) is 8.74. The van der Waals surface area contributed by atoms with Crippen LogP contribution in [-0.2, 0) is 17.5 Å². The zero-order chi connectivity index (χ0) is 18.0. The number of hydrogen-bond acceptors (Lipinski definition) is 3. The van der Waals surface area contributed by atoms with Crippen molar-refractivity contribution in [1.82, 2.24) is 15.1 Å². The van der Waals surface area contributed by atoms with Gasteiger partial charge in [0.1, 0.15) is 0 Å². The smallest absolute Gasteiger partial charge is 0.336 e. The van der Waals surface area contributed by atoms with Crippen LogP contribution in [0.1, 0.15) is 29.5 Å². The van der Waals surface area contributed by atoms with E-state index in [4.69, 9.17) is 0 Å². The molecule has 7 heteroatoms. The van der Waals surface area contributed by atoms with Crippen molar-refractivity contribution >= 4 is 5.91 Å². The molecule has 2 fully saturated rings. The number of piperidine rings is 1. The van der Waals surface area contributed by atoms with E-state index in [1.54, 1.807) is 13.0 Å². The minimum Gasteiger partial charge on any atom is -0.336 e. The molecule has 25 heavy (non-hydrogen) atoms. The highest BCUT2D eigenvalue weighted by Gasteiger charge is 2.32. The number of alkyl halides is 3. The van der Waals surface area contributed by atoms with E-state index in [2.05, 4.69) is 10.2 Å². The van der Waals surface area contributed by atoms with Gasteiger partial charge in [0.2, 0.25) is 5.91 Å². The SMILES string of the molecule is Cc1cc(C(F)(F)F)ccc1CN1CCCC(N2CCNCC2=O)C1. The van der Waals surface area contributed by atoms with Crippen molar-refractivity contribution in [3.8, 4) is 0 Å². The van der Waals surface area contributed by atoms with Crippen LogP contribution in [0.2, 0.25) is 0 Å². The van der Waals surface area contributed by atoms with Gasteiger partial charge in [0, 0.05) is 32.2 Å². The van der Waals surface area contributed by atoms with E-state index in [0.29, 0.717) is 18.7 Å². The van der Waals surface area contributed by atoms with E-state index in [0.717, 1.165) is 50.7 Å². The minimum absolute atomic E-state index is 0.142. The van der Waals surface area contributed by atoms with Crippen LogP contribution < -0.4 is 5.32 Å². The maximum Gasteiger partial charge on any atom is 0.416 e. The number of carbonyl (C=O) groups excluding carboxylic acids is 1. The molecule has 2 aliphatic rings. The van der Waals surface area contributed by atoms with Gasteiger partial charge in [-0.2, -0.15) is 13.2 Å². The largest absolute Gasteiger partial charge is 0.416 e. The molecule has 0 bridgehead atoms. The Hall–Kier alpha value is -1.60. The number of aryl methyl sites for hydroxylation is 1. The fraction of sp³-hybridized carbons (Fsp3) is 0.611. The standard InChI is InChI=1S/C18H24F3N3O/c1-13-9-15(18(19,20)21)5-4-14(13)11-23-7-2-3-16(12-23)24-8-6-22-10-17(24)25/h4-5,9,16,22H,2-3,6-8,10-12H2,1H3. The highest BCUT2D eigenvalue weighted by molar-refractivity contribution is 5.79. The normalized spacial score (nSPS) is 23.1. The highest BCUT2D eigenvalue weighted by atomic mass is 19.4. The van der Waals surface area contributed by atoms with Crippen LogP contribution in [0.25, 0.3) is 0 Å². The minimum atomic E-state index is -4.30. The molecule has 1 unspecified atom stereocenters. The van der Waals surface area contributed by atoms with Crippen molar-refractivity contribution < 1.29 is 18.0 Å². The number of amides is 1. The van der Waals surface area contributed by atoms with Crippen LogP contribution >= 0.6 is 0 Å². The first-order chi connectivity index (χ1) is 11.8. The number of rotatable bonds is 3. The lowest BCUT2D eigenvalue weighted by atomic mass is 10.00. The van der Waals surface area contributed by atoms with Crippen LogP contribution in [0.3, 0.4) is 0 Å². The van der Waals surface area contributed by atoms with Crippen molar-refractivity contribution in [3.05, 3.63) is 34.9 Å². The molecule has 2 aliphatic heterocycles. The third-order valence-electron chi connectivity index (χ3n) is 5.11. The van der Waals surface area contributed by atoms with E-state index in [1.807, 2.05) is 4.90 Å². The molecule has 1 aromatic rings. The summed E-state index contributed by atoms with van der Waals surface area (Å²) in [6.07, 6.45) is -2.31.